The molecular formula is C12H6Cl3NO3. The Morgan fingerprint density at radius 2 is 1.74 bits per heavy atom. The highest BCUT2D eigenvalue weighted by atomic mass is 35.5. The normalized spacial score (nSPS) is 10.3. The number of aromatic amines is 1. The van der Waals surface area contributed by atoms with E-state index in [0.717, 1.165) is 0 Å². The van der Waals surface area contributed by atoms with E-state index in [4.69, 9.17) is 39.5 Å². The fraction of sp³-hybridized carbons (Fsp3) is 0. The summed E-state index contributed by atoms with van der Waals surface area (Å²) in [7, 11) is 0. The van der Waals surface area contributed by atoms with E-state index in [-0.39, 0.29) is 26.9 Å². The lowest BCUT2D eigenvalue weighted by Crippen LogP contribution is -2.12. The third-order valence-corrected chi connectivity index (χ3v) is 2.96. The lowest BCUT2D eigenvalue weighted by molar-refractivity contribution is 0.0734. The predicted octanol–water partition coefficient (Wildman–Crippen LogP) is 3.55. The zero-order chi connectivity index (χ0) is 14.0. The van der Waals surface area contributed by atoms with Crippen molar-refractivity contribution in [1.82, 2.24) is 4.98 Å². The van der Waals surface area contributed by atoms with E-state index in [9.17, 15) is 9.59 Å². The number of nitrogens with one attached hydrogen (secondary N) is 1. The molecule has 7 heteroatoms. The van der Waals surface area contributed by atoms with E-state index in [2.05, 4.69) is 4.98 Å². The topological polar surface area (TPSA) is 59.2 Å². The Morgan fingerprint density at radius 1 is 1.11 bits per heavy atom. The number of pyridine rings is 1. The number of hydrogen-bond acceptors (Lipinski definition) is 3. The lowest BCUT2D eigenvalue weighted by Gasteiger charge is -2.08. The average molecular weight is 319 g/mol. The minimum atomic E-state index is -0.692. The van der Waals surface area contributed by atoms with Gasteiger partial charge in [-0.1, -0.05) is 34.8 Å². The molecule has 2 rings (SSSR count). The van der Waals surface area contributed by atoms with E-state index >= 15 is 0 Å². The molecule has 0 aliphatic rings. The first-order valence-electron chi connectivity index (χ1n) is 5.03. The first-order valence-corrected chi connectivity index (χ1v) is 6.16. The first-order chi connectivity index (χ1) is 8.97. The van der Waals surface area contributed by atoms with Crippen molar-refractivity contribution in [3.8, 4) is 5.75 Å². The molecule has 0 saturated carbocycles. The fourth-order valence-corrected chi connectivity index (χ4v) is 2.21. The van der Waals surface area contributed by atoms with Gasteiger partial charge in [0.05, 0.1) is 15.6 Å². The molecular weight excluding hydrogens is 312 g/mol. The molecule has 1 aromatic carbocycles. The number of halogens is 3. The molecule has 0 bridgehead atoms. The second-order valence-corrected chi connectivity index (χ2v) is 4.78. The molecule has 1 heterocycles. The molecule has 98 valence electrons. The van der Waals surface area contributed by atoms with Crippen molar-refractivity contribution in [2.75, 3.05) is 0 Å². The van der Waals surface area contributed by atoms with Crippen molar-refractivity contribution in [3.63, 3.8) is 0 Å². The number of benzene rings is 1. The number of carbonyl (C=O) groups excluding carboxylic acids is 1. The predicted molar refractivity (Wildman–Crippen MR) is 73.5 cm³/mol. The summed E-state index contributed by atoms with van der Waals surface area (Å²) >= 11 is 17.5. The molecule has 19 heavy (non-hydrogen) atoms. The summed E-state index contributed by atoms with van der Waals surface area (Å²) in [4.78, 5) is 25.1. The van der Waals surface area contributed by atoms with E-state index < -0.39 is 5.97 Å². The Morgan fingerprint density at radius 3 is 2.26 bits per heavy atom. The molecule has 0 radical (unpaired) electrons. The lowest BCUT2D eigenvalue weighted by atomic mass is 10.3. The third-order valence-electron chi connectivity index (χ3n) is 2.18. The minimum absolute atomic E-state index is 0.0175. The van der Waals surface area contributed by atoms with Gasteiger partial charge in [-0.15, -0.1) is 0 Å². The van der Waals surface area contributed by atoms with Crippen LogP contribution in [-0.2, 0) is 0 Å². The number of rotatable bonds is 2. The number of aromatic nitrogens is 1. The Hall–Kier alpha value is -1.49. The van der Waals surface area contributed by atoms with Gasteiger partial charge in [-0.05, 0) is 18.2 Å². The van der Waals surface area contributed by atoms with Gasteiger partial charge in [-0.2, -0.15) is 0 Å². The summed E-state index contributed by atoms with van der Waals surface area (Å²) < 4.78 is 5.07. The van der Waals surface area contributed by atoms with E-state index in [0.29, 0.717) is 5.02 Å². The van der Waals surface area contributed by atoms with Crippen LogP contribution in [0.25, 0.3) is 0 Å². The molecule has 0 saturated heterocycles. The molecule has 0 unspecified atom stereocenters. The van der Waals surface area contributed by atoms with Crippen molar-refractivity contribution in [3.05, 3.63) is 61.4 Å². The highest BCUT2D eigenvalue weighted by molar-refractivity contribution is 6.40. The van der Waals surface area contributed by atoms with Gasteiger partial charge in [0.2, 0.25) is 5.56 Å². The van der Waals surface area contributed by atoms with Gasteiger partial charge >= 0.3 is 5.97 Å². The SMILES string of the molecule is O=C(Oc1c(Cl)cc(Cl)cc1Cl)c1ccc(=O)[nH]c1. The summed E-state index contributed by atoms with van der Waals surface area (Å²) in [6, 6.07) is 5.36. The van der Waals surface area contributed by atoms with Crippen LogP contribution in [0.15, 0.2) is 35.3 Å². The van der Waals surface area contributed by atoms with Crippen LogP contribution < -0.4 is 10.3 Å². The highest BCUT2D eigenvalue weighted by Gasteiger charge is 2.15. The van der Waals surface area contributed by atoms with Crippen LogP contribution in [0.5, 0.6) is 5.75 Å². The van der Waals surface area contributed by atoms with E-state index in [1.54, 1.807) is 0 Å². The maximum absolute atomic E-state index is 11.8. The van der Waals surface area contributed by atoms with Crippen LogP contribution in [0, 0.1) is 0 Å². The van der Waals surface area contributed by atoms with Crippen LogP contribution in [0.3, 0.4) is 0 Å². The van der Waals surface area contributed by atoms with Crippen molar-refractivity contribution in [2.45, 2.75) is 0 Å². The smallest absolute Gasteiger partial charge is 0.345 e. The maximum atomic E-state index is 11.8. The zero-order valence-electron chi connectivity index (χ0n) is 9.25. The quantitative estimate of drug-likeness (QED) is 0.680. The van der Waals surface area contributed by atoms with Crippen molar-refractivity contribution >= 4 is 40.8 Å². The second-order valence-electron chi connectivity index (χ2n) is 3.53. The monoisotopic (exact) mass is 317 g/mol. The molecule has 1 aromatic heterocycles. The maximum Gasteiger partial charge on any atom is 0.345 e. The summed E-state index contributed by atoms with van der Waals surface area (Å²) in [6.45, 7) is 0. The Labute approximate surface area is 122 Å². The Bertz CT molecular complexity index is 653. The van der Waals surface area contributed by atoms with Crippen LogP contribution in [-0.4, -0.2) is 11.0 Å². The number of carbonyl (C=O) groups is 1. The number of hydrogen-bond donors (Lipinski definition) is 1. The van der Waals surface area contributed by atoms with Crippen molar-refractivity contribution in [2.24, 2.45) is 0 Å². The second kappa shape index (κ2) is 5.65. The molecule has 4 nitrogen and oxygen atoms in total. The summed E-state index contributed by atoms with van der Waals surface area (Å²) in [5.74, 6) is -0.675. The van der Waals surface area contributed by atoms with Gasteiger partial charge < -0.3 is 9.72 Å². The van der Waals surface area contributed by atoms with Crippen LogP contribution in [0.4, 0.5) is 0 Å². The summed E-state index contributed by atoms with van der Waals surface area (Å²) in [5.41, 5.74) is -0.152. The van der Waals surface area contributed by atoms with Gasteiger partial charge in [0.25, 0.3) is 0 Å². The van der Waals surface area contributed by atoms with Gasteiger partial charge in [0.1, 0.15) is 0 Å². The largest absolute Gasteiger partial charge is 0.420 e. The van der Waals surface area contributed by atoms with Crippen molar-refractivity contribution in [1.29, 1.82) is 0 Å². The minimum Gasteiger partial charge on any atom is -0.420 e. The summed E-state index contributed by atoms with van der Waals surface area (Å²) in [6.07, 6.45) is 1.24. The van der Waals surface area contributed by atoms with Crippen LogP contribution >= 0.6 is 34.8 Å². The average Bonchev–Trinajstić information content (AvgIpc) is 2.34. The number of H-pyrrole nitrogens is 1. The zero-order valence-corrected chi connectivity index (χ0v) is 11.5. The molecule has 1 N–H and O–H groups in total. The van der Waals surface area contributed by atoms with Gasteiger partial charge in [-0.25, -0.2) is 4.79 Å². The molecule has 0 fully saturated rings. The molecule has 0 atom stereocenters. The van der Waals surface area contributed by atoms with Gasteiger partial charge in [0, 0.05) is 17.3 Å². The molecule has 0 amide bonds. The molecule has 0 aliphatic carbocycles. The first kappa shape index (κ1) is 13.9. The van der Waals surface area contributed by atoms with Crippen LogP contribution in [0.1, 0.15) is 10.4 Å². The third kappa shape index (κ3) is 3.29. The molecule has 0 spiro atoms. The summed E-state index contributed by atoms with van der Waals surface area (Å²) in [5, 5.41) is 0.574. The van der Waals surface area contributed by atoms with Gasteiger partial charge in [-0.3, -0.25) is 4.79 Å². The molecule has 2 aromatic rings. The van der Waals surface area contributed by atoms with E-state index in [1.165, 1.54) is 30.5 Å². The fourth-order valence-electron chi connectivity index (χ4n) is 1.32. The Kier molecular flexibility index (Phi) is 4.14. The van der Waals surface area contributed by atoms with E-state index in [1.807, 2.05) is 0 Å². The van der Waals surface area contributed by atoms with Gasteiger partial charge in [0.15, 0.2) is 5.75 Å². The highest BCUT2D eigenvalue weighted by Crippen LogP contribution is 2.36. The molecule has 0 aliphatic heterocycles. The Balaban J connectivity index is 2.29. The van der Waals surface area contributed by atoms with Crippen molar-refractivity contribution < 1.29 is 9.53 Å². The number of ether oxygens (including phenoxy) is 1. The van der Waals surface area contributed by atoms with Crippen LogP contribution in [0.2, 0.25) is 15.1 Å². The number of esters is 1. The standard InChI is InChI=1S/C12H6Cl3NO3/c13-7-3-8(14)11(9(15)4-7)19-12(18)6-1-2-10(17)16-5-6/h1-5H,(H,16,17).